The van der Waals surface area contributed by atoms with Crippen LogP contribution >= 0.6 is 11.6 Å². The molecule has 2 rings (SSSR count). The van der Waals surface area contributed by atoms with Crippen molar-refractivity contribution in [3.8, 4) is 5.75 Å². The summed E-state index contributed by atoms with van der Waals surface area (Å²) in [5.41, 5.74) is 0.726. The Morgan fingerprint density at radius 1 is 1.39 bits per heavy atom. The minimum absolute atomic E-state index is 0.141. The Morgan fingerprint density at radius 2 is 2.22 bits per heavy atom. The summed E-state index contributed by atoms with van der Waals surface area (Å²) in [6.45, 7) is 1.94. The number of nitrogens with zero attached hydrogens (tertiary/aromatic N) is 1. The third kappa shape index (κ3) is 2.71. The number of hydrogen-bond donors (Lipinski definition) is 0. The lowest BCUT2D eigenvalue weighted by atomic mass is 10.2. The average Bonchev–Trinajstić information content (AvgIpc) is 2.37. The fourth-order valence-corrected chi connectivity index (χ4v) is 1.86. The first-order valence-corrected chi connectivity index (χ1v) is 5.92. The van der Waals surface area contributed by atoms with Crippen molar-refractivity contribution in [1.82, 2.24) is 4.98 Å². The molecular weight excluding hydrogens is 254 g/mol. The Morgan fingerprint density at radius 3 is 3.00 bits per heavy atom. The Kier molecular flexibility index (Phi) is 3.99. The average molecular weight is 266 g/mol. The molecule has 0 N–H and O–H groups in total. The van der Waals surface area contributed by atoms with Gasteiger partial charge in [-0.05, 0) is 25.1 Å². The Bertz CT molecular complexity index is 566. The second-order valence-corrected chi connectivity index (χ2v) is 3.94. The molecule has 0 spiro atoms. The van der Waals surface area contributed by atoms with Gasteiger partial charge in [-0.25, -0.2) is 4.79 Å². The first-order valence-electron chi connectivity index (χ1n) is 5.54. The van der Waals surface area contributed by atoms with E-state index < -0.39 is 5.97 Å². The summed E-state index contributed by atoms with van der Waals surface area (Å²) >= 11 is 6.10. The van der Waals surface area contributed by atoms with Crippen molar-refractivity contribution in [3.05, 3.63) is 35.5 Å². The van der Waals surface area contributed by atoms with E-state index in [0.717, 1.165) is 5.52 Å². The molecule has 2 aromatic rings. The molecule has 0 aliphatic carbocycles. The molecule has 5 heteroatoms. The van der Waals surface area contributed by atoms with E-state index in [1.54, 1.807) is 25.3 Å². The van der Waals surface area contributed by atoms with Crippen LogP contribution in [0.5, 0.6) is 5.75 Å². The van der Waals surface area contributed by atoms with E-state index in [9.17, 15) is 4.79 Å². The van der Waals surface area contributed by atoms with Crippen LogP contribution in [-0.2, 0) is 9.53 Å². The second-order valence-electron chi connectivity index (χ2n) is 3.54. The summed E-state index contributed by atoms with van der Waals surface area (Å²) in [6.07, 6.45) is 1.61. The highest BCUT2D eigenvalue weighted by Crippen LogP contribution is 2.30. The van der Waals surface area contributed by atoms with Gasteiger partial charge in [-0.3, -0.25) is 4.98 Å². The maximum atomic E-state index is 11.2. The minimum Gasteiger partial charge on any atom is -0.481 e. The van der Waals surface area contributed by atoms with Crippen LogP contribution in [0.4, 0.5) is 0 Å². The highest BCUT2D eigenvalue weighted by atomic mass is 35.5. The lowest BCUT2D eigenvalue weighted by Crippen LogP contribution is -2.14. The van der Waals surface area contributed by atoms with Crippen molar-refractivity contribution in [2.24, 2.45) is 0 Å². The van der Waals surface area contributed by atoms with E-state index >= 15 is 0 Å². The number of ether oxygens (including phenoxy) is 2. The summed E-state index contributed by atoms with van der Waals surface area (Å²) in [5.74, 6) is 0.119. The lowest BCUT2D eigenvalue weighted by Gasteiger charge is -2.09. The first kappa shape index (κ1) is 12.6. The molecule has 0 atom stereocenters. The minimum atomic E-state index is -0.408. The van der Waals surface area contributed by atoms with E-state index in [1.165, 1.54) is 0 Å². The summed E-state index contributed by atoms with van der Waals surface area (Å²) in [4.78, 5) is 15.4. The van der Waals surface area contributed by atoms with Gasteiger partial charge < -0.3 is 9.47 Å². The van der Waals surface area contributed by atoms with Crippen molar-refractivity contribution in [2.75, 3.05) is 13.2 Å². The topological polar surface area (TPSA) is 48.4 Å². The van der Waals surface area contributed by atoms with Gasteiger partial charge in [-0.1, -0.05) is 17.7 Å². The SMILES string of the molecule is CCOC(=O)COc1ccnc2cccc(Cl)c12. The van der Waals surface area contributed by atoms with E-state index in [-0.39, 0.29) is 6.61 Å². The fraction of sp³-hybridized carbons (Fsp3) is 0.231. The normalized spacial score (nSPS) is 10.3. The van der Waals surface area contributed by atoms with Crippen LogP contribution in [0, 0.1) is 0 Å². The van der Waals surface area contributed by atoms with E-state index in [2.05, 4.69) is 4.98 Å². The predicted octanol–water partition coefficient (Wildman–Crippen LogP) is 2.83. The molecule has 1 heterocycles. The van der Waals surface area contributed by atoms with Crippen LogP contribution < -0.4 is 4.74 Å². The van der Waals surface area contributed by atoms with Gasteiger partial charge in [0.25, 0.3) is 0 Å². The fourth-order valence-electron chi connectivity index (χ4n) is 1.59. The summed E-state index contributed by atoms with van der Waals surface area (Å²) < 4.78 is 10.2. The molecule has 0 aliphatic heterocycles. The van der Waals surface area contributed by atoms with Crippen molar-refractivity contribution in [2.45, 2.75) is 6.92 Å². The van der Waals surface area contributed by atoms with Crippen LogP contribution in [-0.4, -0.2) is 24.2 Å². The zero-order valence-corrected chi connectivity index (χ0v) is 10.6. The molecular formula is C13H12ClNO3. The van der Waals surface area contributed by atoms with E-state index in [0.29, 0.717) is 22.8 Å². The molecule has 0 radical (unpaired) electrons. The van der Waals surface area contributed by atoms with Gasteiger partial charge >= 0.3 is 5.97 Å². The van der Waals surface area contributed by atoms with Gasteiger partial charge in [0.05, 0.1) is 22.5 Å². The number of benzene rings is 1. The monoisotopic (exact) mass is 265 g/mol. The van der Waals surface area contributed by atoms with E-state index in [4.69, 9.17) is 21.1 Å². The quantitative estimate of drug-likeness (QED) is 0.798. The molecule has 4 nitrogen and oxygen atoms in total. The second kappa shape index (κ2) is 5.69. The molecule has 0 saturated heterocycles. The van der Waals surface area contributed by atoms with Gasteiger partial charge in [0.2, 0.25) is 0 Å². The van der Waals surface area contributed by atoms with Gasteiger partial charge in [0, 0.05) is 6.20 Å². The Hall–Kier alpha value is -1.81. The third-order valence-electron chi connectivity index (χ3n) is 2.33. The molecule has 0 aliphatic rings. The van der Waals surface area contributed by atoms with Gasteiger partial charge in [0.1, 0.15) is 5.75 Å². The maximum absolute atomic E-state index is 11.2. The molecule has 0 fully saturated rings. The number of carbonyl (C=O) groups excluding carboxylic acids is 1. The molecule has 0 saturated carbocycles. The number of carbonyl (C=O) groups is 1. The van der Waals surface area contributed by atoms with Crippen LogP contribution in [0.1, 0.15) is 6.92 Å². The molecule has 0 unspecified atom stereocenters. The third-order valence-corrected chi connectivity index (χ3v) is 2.64. The van der Waals surface area contributed by atoms with Crippen molar-refractivity contribution >= 4 is 28.5 Å². The predicted molar refractivity (Wildman–Crippen MR) is 68.9 cm³/mol. The molecule has 94 valence electrons. The number of hydrogen-bond acceptors (Lipinski definition) is 4. The zero-order valence-electron chi connectivity index (χ0n) is 9.85. The van der Waals surface area contributed by atoms with Crippen molar-refractivity contribution < 1.29 is 14.3 Å². The number of rotatable bonds is 4. The van der Waals surface area contributed by atoms with Gasteiger partial charge in [-0.15, -0.1) is 0 Å². The smallest absolute Gasteiger partial charge is 0.344 e. The Balaban J connectivity index is 2.25. The molecule has 1 aromatic carbocycles. The number of esters is 1. The van der Waals surface area contributed by atoms with Gasteiger partial charge in [-0.2, -0.15) is 0 Å². The molecule has 0 amide bonds. The number of fused-ring (bicyclic) bond motifs is 1. The first-order chi connectivity index (χ1) is 8.72. The van der Waals surface area contributed by atoms with Crippen molar-refractivity contribution in [3.63, 3.8) is 0 Å². The van der Waals surface area contributed by atoms with Crippen LogP contribution in [0.25, 0.3) is 10.9 Å². The van der Waals surface area contributed by atoms with Crippen molar-refractivity contribution in [1.29, 1.82) is 0 Å². The van der Waals surface area contributed by atoms with Crippen LogP contribution in [0.2, 0.25) is 5.02 Å². The zero-order chi connectivity index (χ0) is 13.0. The summed E-state index contributed by atoms with van der Waals surface area (Å²) in [7, 11) is 0. The highest BCUT2D eigenvalue weighted by molar-refractivity contribution is 6.35. The van der Waals surface area contributed by atoms with Crippen LogP contribution in [0.15, 0.2) is 30.5 Å². The van der Waals surface area contributed by atoms with Crippen LogP contribution in [0.3, 0.4) is 0 Å². The molecule has 1 aromatic heterocycles. The van der Waals surface area contributed by atoms with E-state index in [1.807, 2.05) is 12.1 Å². The molecule has 0 bridgehead atoms. The lowest BCUT2D eigenvalue weighted by molar-refractivity contribution is -0.145. The maximum Gasteiger partial charge on any atom is 0.344 e. The number of aromatic nitrogens is 1. The Labute approximate surface area is 109 Å². The number of pyridine rings is 1. The largest absolute Gasteiger partial charge is 0.481 e. The van der Waals surface area contributed by atoms with Gasteiger partial charge in [0.15, 0.2) is 6.61 Å². The highest BCUT2D eigenvalue weighted by Gasteiger charge is 2.09. The number of halogens is 1. The molecule has 18 heavy (non-hydrogen) atoms. The standard InChI is InChI=1S/C13H12ClNO3/c1-2-17-12(16)8-18-11-6-7-15-10-5-3-4-9(14)13(10)11/h3-7H,2,8H2,1H3. The summed E-state index contributed by atoms with van der Waals surface area (Å²) in [5, 5.41) is 1.24. The summed E-state index contributed by atoms with van der Waals surface area (Å²) in [6, 6.07) is 7.07.